The first-order valence-electron chi connectivity index (χ1n) is 9.55. The van der Waals surface area contributed by atoms with E-state index in [1.807, 2.05) is 0 Å². The van der Waals surface area contributed by atoms with E-state index in [4.69, 9.17) is 4.74 Å². The lowest BCUT2D eigenvalue weighted by molar-refractivity contribution is 0.179. The van der Waals surface area contributed by atoms with Crippen molar-refractivity contribution in [1.29, 1.82) is 0 Å². The maximum atomic E-state index is 5.15. The lowest BCUT2D eigenvalue weighted by Crippen LogP contribution is -2.43. The number of aliphatic imine (C=N–C) groups is 1. The molecule has 1 unspecified atom stereocenters. The number of methoxy groups -OCH3 is 1. The van der Waals surface area contributed by atoms with Crippen LogP contribution in [-0.2, 0) is 17.8 Å². The van der Waals surface area contributed by atoms with Crippen molar-refractivity contribution in [2.45, 2.75) is 32.5 Å². The molecule has 1 heterocycles. The number of benzene rings is 1. The van der Waals surface area contributed by atoms with Crippen LogP contribution in [0.2, 0.25) is 0 Å². The highest BCUT2D eigenvalue weighted by atomic mass is 127. The molecule has 1 fully saturated rings. The first-order chi connectivity index (χ1) is 12.6. The van der Waals surface area contributed by atoms with E-state index < -0.39 is 0 Å². The molecule has 0 spiro atoms. The average molecular weight is 489 g/mol. The fourth-order valence-electron chi connectivity index (χ4n) is 3.18. The molecule has 154 valence electrons. The number of halogens is 1. The van der Waals surface area contributed by atoms with Crippen molar-refractivity contribution >= 4 is 29.9 Å². The molecule has 0 saturated carbocycles. The second-order valence-corrected chi connectivity index (χ2v) is 7.18. The topological polar surface area (TPSA) is 52.1 Å². The van der Waals surface area contributed by atoms with Gasteiger partial charge in [-0.3, -0.25) is 9.89 Å². The van der Waals surface area contributed by atoms with Crippen LogP contribution in [0.25, 0.3) is 0 Å². The first kappa shape index (κ1) is 24.1. The fourth-order valence-corrected chi connectivity index (χ4v) is 3.18. The Morgan fingerprint density at radius 3 is 2.52 bits per heavy atom. The van der Waals surface area contributed by atoms with Crippen molar-refractivity contribution in [2.75, 3.05) is 54.0 Å². The van der Waals surface area contributed by atoms with Gasteiger partial charge in [0.25, 0.3) is 0 Å². The summed E-state index contributed by atoms with van der Waals surface area (Å²) in [6.07, 6.45) is 1.26. The van der Waals surface area contributed by atoms with Gasteiger partial charge in [-0.1, -0.05) is 24.3 Å². The van der Waals surface area contributed by atoms with Gasteiger partial charge in [0.1, 0.15) is 0 Å². The summed E-state index contributed by atoms with van der Waals surface area (Å²) in [5, 5.41) is 6.67. The van der Waals surface area contributed by atoms with Gasteiger partial charge in [0.2, 0.25) is 0 Å². The molecule has 0 bridgehead atoms. The number of nitrogens with one attached hydrogen (secondary N) is 2. The molecular formula is C20H36IN5O. The third kappa shape index (κ3) is 9.23. The van der Waals surface area contributed by atoms with Gasteiger partial charge >= 0.3 is 0 Å². The van der Waals surface area contributed by atoms with E-state index in [1.54, 1.807) is 14.2 Å². The van der Waals surface area contributed by atoms with E-state index in [-0.39, 0.29) is 30.0 Å². The van der Waals surface area contributed by atoms with Gasteiger partial charge in [-0.05, 0) is 44.6 Å². The minimum absolute atomic E-state index is 0. The summed E-state index contributed by atoms with van der Waals surface area (Å²) in [5.41, 5.74) is 2.64. The van der Waals surface area contributed by atoms with E-state index in [9.17, 15) is 0 Å². The second kappa shape index (κ2) is 13.3. The van der Waals surface area contributed by atoms with E-state index in [0.717, 1.165) is 32.1 Å². The predicted octanol–water partition coefficient (Wildman–Crippen LogP) is 2.14. The molecule has 0 amide bonds. The molecule has 2 N–H and O–H groups in total. The quantitative estimate of drug-likeness (QED) is 0.349. The van der Waals surface area contributed by atoms with Crippen LogP contribution in [-0.4, -0.2) is 75.8 Å². The SMILES string of the molecule is CN=C(NCc1ccc(CN2CCCN(C)CC2)cc1)NC(C)COC.I. The van der Waals surface area contributed by atoms with Crippen LogP contribution < -0.4 is 10.6 Å². The molecule has 1 saturated heterocycles. The summed E-state index contributed by atoms with van der Waals surface area (Å²) in [4.78, 5) is 9.24. The Bertz CT molecular complexity index is 552. The van der Waals surface area contributed by atoms with E-state index >= 15 is 0 Å². The number of likely N-dealkylation sites (N-methyl/N-ethyl adjacent to an activating group) is 1. The summed E-state index contributed by atoms with van der Waals surface area (Å²) in [7, 11) is 5.71. The lowest BCUT2D eigenvalue weighted by atomic mass is 10.1. The Kier molecular flexibility index (Phi) is 11.9. The highest BCUT2D eigenvalue weighted by Gasteiger charge is 2.12. The smallest absolute Gasteiger partial charge is 0.191 e. The summed E-state index contributed by atoms with van der Waals surface area (Å²) >= 11 is 0. The molecule has 1 aromatic carbocycles. The number of hydrogen-bond acceptors (Lipinski definition) is 4. The predicted molar refractivity (Wildman–Crippen MR) is 124 cm³/mol. The van der Waals surface area contributed by atoms with Crippen LogP contribution in [0.3, 0.4) is 0 Å². The van der Waals surface area contributed by atoms with E-state index in [2.05, 4.69) is 63.7 Å². The van der Waals surface area contributed by atoms with Crippen molar-refractivity contribution in [1.82, 2.24) is 20.4 Å². The fraction of sp³-hybridized carbons (Fsp3) is 0.650. The Morgan fingerprint density at radius 1 is 1.15 bits per heavy atom. The molecule has 0 aromatic heterocycles. The Morgan fingerprint density at radius 2 is 1.85 bits per heavy atom. The number of ether oxygens (including phenoxy) is 1. The van der Waals surface area contributed by atoms with E-state index in [0.29, 0.717) is 6.61 Å². The van der Waals surface area contributed by atoms with Crippen LogP contribution in [0.15, 0.2) is 29.3 Å². The maximum Gasteiger partial charge on any atom is 0.191 e. The third-order valence-electron chi connectivity index (χ3n) is 4.72. The van der Waals surface area contributed by atoms with Gasteiger partial charge in [0.05, 0.1) is 6.61 Å². The number of nitrogens with zero attached hydrogens (tertiary/aromatic N) is 3. The third-order valence-corrected chi connectivity index (χ3v) is 4.72. The van der Waals surface area contributed by atoms with Crippen molar-refractivity contribution in [3.8, 4) is 0 Å². The molecule has 1 aliphatic heterocycles. The number of rotatable bonds is 7. The van der Waals surface area contributed by atoms with Crippen LogP contribution in [0.4, 0.5) is 0 Å². The Hall–Kier alpha value is -0.900. The standard InChI is InChI=1S/C20H35N5O.HI/c1-17(16-26-4)23-20(21-2)22-14-18-6-8-19(9-7-18)15-25-11-5-10-24(3)12-13-25;/h6-9,17H,5,10-16H2,1-4H3,(H2,21,22,23);1H. The van der Waals surface area contributed by atoms with Crippen molar-refractivity contribution in [3.05, 3.63) is 35.4 Å². The van der Waals surface area contributed by atoms with Crippen molar-refractivity contribution in [2.24, 2.45) is 4.99 Å². The molecule has 1 aliphatic rings. The second-order valence-electron chi connectivity index (χ2n) is 7.18. The monoisotopic (exact) mass is 489 g/mol. The van der Waals surface area contributed by atoms with Crippen LogP contribution >= 0.6 is 24.0 Å². The highest BCUT2D eigenvalue weighted by molar-refractivity contribution is 14.0. The largest absolute Gasteiger partial charge is 0.383 e. The summed E-state index contributed by atoms with van der Waals surface area (Å²) < 4.78 is 5.15. The number of guanidine groups is 1. The minimum Gasteiger partial charge on any atom is -0.383 e. The van der Waals surface area contributed by atoms with Gasteiger partial charge in [-0.25, -0.2) is 0 Å². The van der Waals surface area contributed by atoms with Gasteiger partial charge in [-0.15, -0.1) is 24.0 Å². The van der Waals surface area contributed by atoms with Crippen LogP contribution in [0.5, 0.6) is 0 Å². The summed E-state index contributed by atoms with van der Waals surface area (Å²) in [6, 6.07) is 9.13. The zero-order chi connectivity index (χ0) is 18.8. The minimum atomic E-state index is 0. The molecule has 2 rings (SSSR count). The van der Waals surface area contributed by atoms with Gasteiger partial charge < -0.3 is 20.3 Å². The Balaban J connectivity index is 0.00000364. The molecule has 7 heteroatoms. The normalized spacial score (nSPS) is 17.7. The molecule has 1 aromatic rings. The number of hydrogen-bond donors (Lipinski definition) is 2. The van der Waals surface area contributed by atoms with E-state index in [1.165, 1.54) is 30.6 Å². The average Bonchev–Trinajstić information content (AvgIpc) is 2.84. The zero-order valence-corrected chi connectivity index (χ0v) is 19.5. The molecule has 27 heavy (non-hydrogen) atoms. The van der Waals surface area contributed by atoms with Gasteiger partial charge in [0.15, 0.2) is 5.96 Å². The van der Waals surface area contributed by atoms with Gasteiger partial charge in [0, 0.05) is 46.4 Å². The summed E-state index contributed by atoms with van der Waals surface area (Å²) in [5.74, 6) is 0.798. The highest BCUT2D eigenvalue weighted by Crippen LogP contribution is 2.10. The first-order valence-corrected chi connectivity index (χ1v) is 9.55. The summed E-state index contributed by atoms with van der Waals surface area (Å²) in [6.45, 7) is 9.24. The molecular weight excluding hydrogens is 453 g/mol. The molecule has 0 aliphatic carbocycles. The van der Waals surface area contributed by atoms with Crippen molar-refractivity contribution < 1.29 is 4.74 Å². The Labute approximate surface area is 181 Å². The molecule has 0 radical (unpaired) electrons. The molecule has 1 atom stereocenters. The van der Waals surface area contributed by atoms with Gasteiger partial charge in [-0.2, -0.15) is 0 Å². The maximum absolute atomic E-state index is 5.15. The lowest BCUT2D eigenvalue weighted by Gasteiger charge is -2.20. The molecule has 6 nitrogen and oxygen atoms in total. The van der Waals surface area contributed by atoms with Crippen molar-refractivity contribution in [3.63, 3.8) is 0 Å². The van der Waals surface area contributed by atoms with Crippen LogP contribution in [0.1, 0.15) is 24.5 Å². The van der Waals surface area contributed by atoms with Crippen LogP contribution in [0, 0.1) is 0 Å². The zero-order valence-electron chi connectivity index (χ0n) is 17.2.